The Morgan fingerprint density at radius 2 is 1.83 bits per heavy atom. The van der Waals surface area contributed by atoms with Crippen molar-refractivity contribution in [3.8, 4) is 0 Å². The van der Waals surface area contributed by atoms with Crippen molar-refractivity contribution in [2.24, 2.45) is 5.92 Å². The molecule has 2 amide bonds. The van der Waals surface area contributed by atoms with Gasteiger partial charge >= 0.3 is 6.03 Å². The van der Waals surface area contributed by atoms with Crippen molar-refractivity contribution in [3.63, 3.8) is 0 Å². The summed E-state index contributed by atoms with van der Waals surface area (Å²) in [5.41, 5.74) is 6.08. The van der Waals surface area contributed by atoms with Gasteiger partial charge in [-0.25, -0.2) is 10.3 Å². The normalized spacial score (nSPS) is 20.3. The number of hydrogen-bond donors (Lipinski definition) is 2. The Morgan fingerprint density at radius 3 is 2.42 bits per heavy atom. The van der Waals surface area contributed by atoms with Gasteiger partial charge in [-0.2, -0.15) is 0 Å². The van der Waals surface area contributed by atoms with E-state index in [4.69, 9.17) is 0 Å². The van der Waals surface area contributed by atoms with E-state index in [0.717, 1.165) is 22.3 Å². The largest absolute Gasteiger partial charge is 0.338 e. The van der Waals surface area contributed by atoms with Crippen molar-refractivity contribution < 1.29 is 19.2 Å². The number of urea groups is 1. The molecule has 24 heavy (non-hydrogen) atoms. The molecular formula is C18H24N2O4. The predicted molar refractivity (Wildman–Crippen MR) is 89.7 cm³/mol. The molecule has 0 aliphatic heterocycles. The van der Waals surface area contributed by atoms with E-state index < -0.39 is 11.9 Å². The number of carbonyl (C=O) groups excluding carboxylic acids is 3. The molecule has 2 atom stereocenters. The van der Waals surface area contributed by atoms with Crippen LogP contribution in [0, 0.1) is 26.7 Å². The molecule has 0 heterocycles. The maximum atomic E-state index is 12.7. The van der Waals surface area contributed by atoms with Crippen LogP contribution in [0.15, 0.2) is 12.1 Å². The van der Waals surface area contributed by atoms with E-state index in [0.29, 0.717) is 13.0 Å². The second-order valence-electron chi connectivity index (χ2n) is 6.37. The Morgan fingerprint density at radius 1 is 1.21 bits per heavy atom. The lowest BCUT2D eigenvalue weighted by molar-refractivity contribution is -0.124. The fourth-order valence-electron chi connectivity index (χ4n) is 3.54. The lowest BCUT2D eigenvalue weighted by Gasteiger charge is -2.16. The van der Waals surface area contributed by atoms with Gasteiger partial charge in [-0.3, -0.25) is 14.4 Å². The van der Waals surface area contributed by atoms with E-state index in [1.807, 2.05) is 32.9 Å². The molecule has 1 aromatic rings. The number of ketones is 2. The van der Waals surface area contributed by atoms with Crippen LogP contribution in [0.4, 0.5) is 4.79 Å². The molecule has 1 aromatic carbocycles. The standard InChI is InChI=1S/C18H24N2O4/c1-10-7-11(2)15(12(3)8-10)16-14(21)9-13(17(16)22)5-6-19-18(23)20-24-4/h7-8,13,16H,5-6,9H2,1-4H3,(H2,19,20,23). The highest BCUT2D eigenvalue weighted by Gasteiger charge is 2.42. The van der Waals surface area contributed by atoms with E-state index in [-0.39, 0.29) is 23.9 Å². The van der Waals surface area contributed by atoms with Gasteiger partial charge in [0.1, 0.15) is 11.7 Å². The SMILES string of the molecule is CONC(=O)NCCC1CC(=O)C(c2c(C)cc(C)cc2C)C1=O. The van der Waals surface area contributed by atoms with Gasteiger partial charge in [0.2, 0.25) is 0 Å². The molecule has 6 heteroatoms. The van der Waals surface area contributed by atoms with Gasteiger partial charge in [0.05, 0.1) is 7.11 Å². The van der Waals surface area contributed by atoms with E-state index >= 15 is 0 Å². The van der Waals surface area contributed by atoms with Crippen molar-refractivity contribution >= 4 is 17.6 Å². The Balaban J connectivity index is 2.08. The van der Waals surface area contributed by atoms with Gasteiger partial charge in [0.15, 0.2) is 5.78 Å². The fraction of sp³-hybridized carbons (Fsp3) is 0.500. The first-order valence-electron chi connectivity index (χ1n) is 8.06. The number of rotatable bonds is 5. The minimum atomic E-state index is -0.664. The van der Waals surface area contributed by atoms with Gasteiger partial charge in [-0.1, -0.05) is 17.7 Å². The van der Waals surface area contributed by atoms with Crippen molar-refractivity contribution in [2.45, 2.75) is 39.5 Å². The summed E-state index contributed by atoms with van der Waals surface area (Å²) in [5, 5.41) is 2.59. The number of hydrogen-bond acceptors (Lipinski definition) is 4. The van der Waals surface area contributed by atoms with Crippen LogP contribution in [0.3, 0.4) is 0 Å². The van der Waals surface area contributed by atoms with E-state index in [1.54, 1.807) is 0 Å². The Kier molecular flexibility index (Phi) is 5.72. The van der Waals surface area contributed by atoms with Crippen LogP contribution < -0.4 is 10.8 Å². The van der Waals surface area contributed by atoms with E-state index in [9.17, 15) is 14.4 Å². The first-order chi connectivity index (χ1) is 11.3. The van der Waals surface area contributed by atoms with Crippen LogP contribution in [0.5, 0.6) is 0 Å². The van der Waals surface area contributed by atoms with Crippen LogP contribution in [0.1, 0.15) is 41.0 Å². The third kappa shape index (κ3) is 3.82. The molecule has 130 valence electrons. The van der Waals surface area contributed by atoms with Crippen LogP contribution in [-0.2, 0) is 14.4 Å². The molecule has 2 rings (SSSR count). The Bertz CT molecular complexity index is 646. The average Bonchev–Trinajstić information content (AvgIpc) is 2.74. The zero-order valence-electron chi connectivity index (χ0n) is 14.6. The van der Waals surface area contributed by atoms with Crippen molar-refractivity contribution in [3.05, 3.63) is 34.4 Å². The molecule has 1 aliphatic rings. The third-order valence-corrected chi connectivity index (χ3v) is 4.46. The van der Waals surface area contributed by atoms with Gasteiger partial charge in [-0.05, 0) is 43.9 Å². The molecule has 1 fully saturated rings. The molecule has 0 aromatic heterocycles. The zero-order valence-corrected chi connectivity index (χ0v) is 14.6. The number of Topliss-reactive ketones (excluding diaryl/α,β-unsaturated/α-hetero) is 2. The van der Waals surface area contributed by atoms with Crippen molar-refractivity contribution in [2.75, 3.05) is 13.7 Å². The average molecular weight is 332 g/mol. The lowest BCUT2D eigenvalue weighted by atomic mass is 9.86. The van der Waals surface area contributed by atoms with Crippen LogP contribution in [0.25, 0.3) is 0 Å². The smallest absolute Gasteiger partial charge is 0.336 e. The summed E-state index contributed by atoms with van der Waals surface area (Å²) in [6.07, 6.45) is 0.687. The lowest BCUT2D eigenvalue weighted by Crippen LogP contribution is -2.36. The number of amides is 2. The number of benzene rings is 1. The predicted octanol–water partition coefficient (Wildman–Crippen LogP) is 2.10. The maximum absolute atomic E-state index is 12.7. The zero-order chi connectivity index (χ0) is 17.9. The summed E-state index contributed by atoms with van der Waals surface area (Å²) in [5.74, 6) is -1.07. The molecule has 1 saturated carbocycles. The Labute approximate surface area is 141 Å². The first kappa shape index (κ1) is 18.1. The molecule has 6 nitrogen and oxygen atoms in total. The van der Waals surface area contributed by atoms with Crippen molar-refractivity contribution in [1.82, 2.24) is 10.8 Å². The number of carbonyl (C=O) groups is 3. The number of aryl methyl sites for hydroxylation is 3. The summed E-state index contributed by atoms with van der Waals surface area (Å²) in [7, 11) is 1.34. The van der Waals surface area contributed by atoms with Gasteiger partial charge in [0, 0.05) is 18.9 Å². The highest BCUT2D eigenvalue weighted by Crippen LogP contribution is 2.37. The molecular weight excluding hydrogens is 308 g/mol. The second kappa shape index (κ2) is 7.57. The molecule has 0 spiro atoms. The summed E-state index contributed by atoms with van der Waals surface area (Å²) in [6.45, 7) is 6.21. The minimum Gasteiger partial charge on any atom is -0.336 e. The minimum absolute atomic E-state index is 0.0265. The van der Waals surface area contributed by atoms with Gasteiger partial charge in [-0.15, -0.1) is 0 Å². The Hall–Kier alpha value is -2.21. The van der Waals surface area contributed by atoms with Crippen LogP contribution >= 0.6 is 0 Å². The van der Waals surface area contributed by atoms with E-state index in [2.05, 4.69) is 15.6 Å². The van der Waals surface area contributed by atoms with Crippen molar-refractivity contribution in [1.29, 1.82) is 0 Å². The van der Waals surface area contributed by atoms with Gasteiger partial charge in [0.25, 0.3) is 0 Å². The molecule has 1 aliphatic carbocycles. The monoisotopic (exact) mass is 332 g/mol. The van der Waals surface area contributed by atoms with E-state index in [1.165, 1.54) is 7.11 Å². The summed E-state index contributed by atoms with van der Waals surface area (Å²) in [6, 6.07) is 3.55. The molecule has 2 N–H and O–H groups in total. The first-order valence-corrected chi connectivity index (χ1v) is 8.06. The fourth-order valence-corrected chi connectivity index (χ4v) is 3.54. The molecule has 0 saturated heterocycles. The molecule has 2 unspecified atom stereocenters. The summed E-state index contributed by atoms with van der Waals surface area (Å²) < 4.78 is 0. The van der Waals surface area contributed by atoms with Gasteiger partial charge < -0.3 is 5.32 Å². The van der Waals surface area contributed by atoms with Crippen LogP contribution in [0.2, 0.25) is 0 Å². The summed E-state index contributed by atoms with van der Waals surface area (Å²) in [4.78, 5) is 40.9. The number of hydroxylamine groups is 1. The molecule has 0 radical (unpaired) electrons. The highest BCUT2D eigenvalue weighted by atomic mass is 16.6. The molecule has 0 bridgehead atoms. The number of nitrogens with one attached hydrogen (secondary N) is 2. The topological polar surface area (TPSA) is 84.5 Å². The second-order valence-corrected chi connectivity index (χ2v) is 6.37. The van der Waals surface area contributed by atoms with Crippen LogP contribution in [-0.4, -0.2) is 31.3 Å². The summed E-state index contributed by atoms with van der Waals surface area (Å²) >= 11 is 0. The quantitative estimate of drug-likeness (QED) is 0.639. The highest BCUT2D eigenvalue weighted by molar-refractivity contribution is 6.15. The maximum Gasteiger partial charge on any atom is 0.338 e. The third-order valence-electron chi connectivity index (χ3n) is 4.46.